The maximum absolute atomic E-state index is 12.9. The Morgan fingerprint density at radius 2 is 1.83 bits per heavy atom. The van der Waals surface area contributed by atoms with E-state index >= 15 is 0 Å². The third kappa shape index (κ3) is 4.87. The molecule has 1 aromatic carbocycles. The van der Waals surface area contributed by atoms with Gasteiger partial charge in [-0.3, -0.25) is 4.79 Å². The van der Waals surface area contributed by atoms with Gasteiger partial charge in [-0.1, -0.05) is 30.3 Å². The maximum Gasteiger partial charge on any atom is 0.341 e. The van der Waals surface area contributed by atoms with E-state index in [9.17, 15) is 9.59 Å². The summed E-state index contributed by atoms with van der Waals surface area (Å²) < 4.78 is 6.00. The summed E-state index contributed by atoms with van der Waals surface area (Å²) in [5.74, 6) is -0.455. The number of nitrogens with one attached hydrogen (secondary N) is 1. The van der Waals surface area contributed by atoms with Gasteiger partial charge in [-0.05, 0) is 45.1 Å². The number of anilines is 1. The van der Waals surface area contributed by atoms with Crippen molar-refractivity contribution in [2.75, 3.05) is 32.6 Å². The van der Waals surface area contributed by atoms with Gasteiger partial charge >= 0.3 is 5.97 Å². The van der Waals surface area contributed by atoms with Crippen molar-refractivity contribution in [3.63, 3.8) is 0 Å². The molecule has 0 radical (unpaired) electrons. The van der Waals surface area contributed by atoms with Crippen LogP contribution in [0.2, 0.25) is 0 Å². The lowest BCUT2D eigenvalue weighted by molar-refractivity contribution is -0.906. The lowest BCUT2D eigenvalue weighted by Crippen LogP contribution is -2.51. The first-order valence-electron chi connectivity index (χ1n) is 10.3. The number of quaternary nitrogens is 1. The molecule has 29 heavy (non-hydrogen) atoms. The largest absolute Gasteiger partial charge is 0.462 e. The highest BCUT2D eigenvalue weighted by atomic mass is 32.1. The Balaban J connectivity index is 1.88. The van der Waals surface area contributed by atoms with Crippen LogP contribution in [0, 0.1) is 6.92 Å². The molecule has 5 nitrogen and oxygen atoms in total. The molecule has 6 heteroatoms. The van der Waals surface area contributed by atoms with E-state index in [4.69, 9.17) is 4.74 Å². The molecular weight excluding hydrogens is 384 g/mol. The van der Waals surface area contributed by atoms with E-state index in [1.54, 1.807) is 6.92 Å². The highest BCUT2D eigenvalue weighted by molar-refractivity contribution is 7.17. The smallest absolute Gasteiger partial charge is 0.341 e. The summed E-state index contributed by atoms with van der Waals surface area (Å²) in [4.78, 5) is 26.7. The average molecular weight is 416 g/mol. The third-order valence-corrected chi connectivity index (χ3v) is 6.76. The van der Waals surface area contributed by atoms with E-state index in [0.29, 0.717) is 34.2 Å². The van der Waals surface area contributed by atoms with Crippen molar-refractivity contribution < 1.29 is 18.8 Å². The lowest BCUT2D eigenvalue weighted by atomic mass is 10.0. The molecule has 1 aromatic heterocycles. The number of hydrogen-bond acceptors (Lipinski definition) is 4. The van der Waals surface area contributed by atoms with Crippen molar-refractivity contribution >= 4 is 28.2 Å². The van der Waals surface area contributed by atoms with E-state index in [1.807, 2.05) is 37.3 Å². The first-order valence-corrected chi connectivity index (χ1v) is 11.1. The highest BCUT2D eigenvalue weighted by Gasteiger charge is 2.34. The van der Waals surface area contributed by atoms with Gasteiger partial charge in [0.15, 0.2) is 6.54 Å². The molecule has 3 rings (SSSR count). The number of ether oxygens (including phenoxy) is 1. The van der Waals surface area contributed by atoms with Gasteiger partial charge in [-0.15, -0.1) is 11.3 Å². The van der Waals surface area contributed by atoms with Crippen LogP contribution in [0.25, 0.3) is 11.1 Å². The fraction of sp³-hybridized carbons (Fsp3) is 0.478. The van der Waals surface area contributed by atoms with Crippen molar-refractivity contribution in [1.29, 1.82) is 0 Å². The molecule has 0 unspecified atom stereocenters. The van der Waals surface area contributed by atoms with Crippen LogP contribution in [-0.4, -0.2) is 49.6 Å². The topological polar surface area (TPSA) is 55.4 Å². The highest BCUT2D eigenvalue weighted by Crippen LogP contribution is 2.40. The molecule has 1 fully saturated rings. The number of rotatable bonds is 7. The predicted molar refractivity (Wildman–Crippen MR) is 118 cm³/mol. The predicted octanol–water partition coefficient (Wildman–Crippen LogP) is 4.86. The minimum Gasteiger partial charge on any atom is -0.462 e. The van der Waals surface area contributed by atoms with Gasteiger partial charge in [0.05, 0.1) is 26.7 Å². The van der Waals surface area contributed by atoms with Crippen LogP contribution in [0.3, 0.4) is 0 Å². The zero-order valence-corrected chi connectivity index (χ0v) is 18.6. The second-order valence-corrected chi connectivity index (χ2v) is 9.47. The fourth-order valence-corrected chi connectivity index (χ4v) is 5.33. The number of benzene rings is 1. The Bertz CT molecular complexity index is 868. The van der Waals surface area contributed by atoms with Crippen molar-refractivity contribution in [1.82, 2.24) is 0 Å². The van der Waals surface area contributed by atoms with Crippen LogP contribution in [0.1, 0.15) is 47.8 Å². The normalized spacial score (nSPS) is 14.8. The second kappa shape index (κ2) is 9.09. The quantitative estimate of drug-likeness (QED) is 0.519. The molecule has 0 spiro atoms. The summed E-state index contributed by atoms with van der Waals surface area (Å²) in [7, 11) is 4.24. The summed E-state index contributed by atoms with van der Waals surface area (Å²) >= 11 is 1.44. The van der Waals surface area contributed by atoms with E-state index in [1.165, 1.54) is 37.0 Å². The maximum atomic E-state index is 12.9. The summed E-state index contributed by atoms with van der Waals surface area (Å²) in [5, 5.41) is 3.60. The standard InChI is InChI=1S/C23H30N2O3S/c1-5-28-23(27)21-20(17-11-7-6-8-12-17)16(2)29-22(21)24-19(26)15-25(3,4)18-13-9-10-14-18/h6-8,11-12,18H,5,9-10,13-15H2,1-4H3/p+1. The molecule has 1 N–H and O–H groups in total. The van der Waals surface area contributed by atoms with Gasteiger partial charge in [0.1, 0.15) is 10.6 Å². The van der Waals surface area contributed by atoms with Crippen molar-refractivity contribution in [2.24, 2.45) is 0 Å². The molecule has 2 aromatic rings. The summed E-state index contributed by atoms with van der Waals surface area (Å²) in [6.45, 7) is 4.45. The number of aryl methyl sites for hydroxylation is 1. The first-order chi connectivity index (χ1) is 13.8. The Morgan fingerprint density at radius 3 is 2.45 bits per heavy atom. The monoisotopic (exact) mass is 415 g/mol. The molecule has 0 bridgehead atoms. The average Bonchev–Trinajstić information content (AvgIpc) is 3.31. The molecule has 1 heterocycles. The van der Waals surface area contributed by atoms with Gasteiger partial charge in [-0.25, -0.2) is 4.79 Å². The molecule has 0 atom stereocenters. The minimum atomic E-state index is -0.393. The van der Waals surface area contributed by atoms with E-state index in [2.05, 4.69) is 19.4 Å². The van der Waals surface area contributed by atoms with E-state index < -0.39 is 5.97 Å². The number of esters is 1. The number of carbonyl (C=O) groups is 2. The second-order valence-electron chi connectivity index (χ2n) is 8.25. The van der Waals surface area contributed by atoms with Crippen molar-refractivity contribution in [3.8, 4) is 11.1 Å². The van der Waals surface area contributed by atoms with Crippen LogP contribution >= 0.6 is 11.3 Å². The molecule has 1 saturated carbocycles. The summed E-state index contributed by atoms with van der Waals surface area (Å²) in [6.07, 6.45) is 4.83. The number of carbonyl (C=O) groups excluding carboxylic acids is 2. The van der Waals surface area contributed by atoms with Crippen LogP contribution in [-0.2, 0) is 9.53 Å². The van der Waals surface area contributed by atoms with Gasteiger partial charge in [0.2, 0.25) is 0 Å². The van der Waals surface area contributed by atoms with Crippen LogP contribution in [0.4, 0.5) is 5.00 Å². The zero-order chi connectivity index (χ0) is 21.0. The fourth-order valence-electron chi connectivity index (χ4n) is 4.25. The molecule has 156 valence electrons. The number of hydrogen-bond donors (Lipinski definition) is 1. The molecule has 1 aliphatic carbocycles. The van der Waals surface area contributed by atoms with E-state index in [-0.39, 0.29) is 5.91 Å². The Labute approximate surface area is 177 Å². The lowest BCUT2D eigenvalue weighted by Gasteiger charge is -2.35. The molecular formula is C23H31N2O3S+. The van der Waals surface area contributed by atoms with Crippen LogP contribution < -0.4 is 5.32 Å². The molecule has 1 aliphatic rings. The van der Waals surface area contributed by atoms with Crippen LogP contribution in [0.5, 0.6) is 0 Å². The summed E-state index contributed by atoms with van der Waals surface area (Å²) in [6, 6.07) is 10.3. The molecule has 0 aliphatic heterocycles. The number of likely N-dealkylation sites (N-methyl/N-ethyl adjacent to an activating group) is 1. The Kier molecular flexibility index (Phi) is 6.75. The van der Waals surface area contributed by atoms with Crippen molar-refractivity contribution in [3.05, 3.63) is 40.8 Å². The van der Waals surface area contributed by atoms with Gasteiger partial charge in [0.25, 0.3) is 5.91 Å². The van der Waals surface area contributed by atoms with Gasteiger partial charge < -0.3 is 14.5 Å². The Hall–Kier alpha value is -2.18. The summed E-state index contributed by atoms with van der Waals surface area (Å²) in [5.41, 5.74) is 2.25. The van der Waals surface area contributed by atoms with Gasteiger partial charge in [0, 0.05) is 10.4 Å². The van der Waals surface area contributed by atoms with Gasteiger partial charge in [-0.2, -0.15) is 0 Å². The van der Waals surface area contributed by atoms with Crippen LogP contribution in [0.15, 0.2) is 30.3 Å². The molecule has 0 saturated heterocycles. The minimum absolute atomic E-state index is 0.0617. The number of amides is 1. The van der Waals surface area contributed by atoms with Crippen molar-refractivity contribution in [2.45, 2.75) is 45.6 Å². The first kappa shape index (κ1) is 21.5. The zero-order valence-electron chi connectivity index (χ0n) is 17.8. The molecule has 1 amide bonds. The SMILES string of the molecule is CCOC(=O)c1c(NC(=O)C[N+](C)(C)C2CCCC2)sc(C)c1-c1ccccc1. The number of thiophene rings is 1. The third-order valence-electron chi connectivity index (χ3n) is 5.74. The Morgan fingerprint density at radius 1 is 1.17 bits per heavy atom. The number of nitrogens with zero attached hydrogens (tertiary/aromatic N) is 1. The van der Waals surface area contributed by atoms with E-state index in [0.717, 1.165) is 16.0 Å².